The molecule has 0 aliphatic carbocycles. The van der Waals surface area contributed by atoms with Crippen LogP contribution in [0.4, 0.5) is 0 Å². The maximum absolute atomic E-state index is 10.9. The Hall–Kier alpha value is -3.34. The van der Waals surface area contributed by atoms with Gasteiger partial charge in [-0.3, -0.25) is 4.79 Å². The molecule has 0 atom stereocenters. The quantitative estimate of drug-likeness (QED) is 0.479. The van der Waals surface area contributed by atoms with Crippen molar-refractivity contribution in [1.29, 1.82) is 0 Å². The fourth-order valence-electron chi connectivity index (χ4n) is 2.75. The minimum atomic E-state index is -0.873. The van der Waals surface area contributed by atoms with Gasteiger partial charge in [-0.05, 0) is 41.5 Å². The summed E-state index contributed by atoms with van der Waals surface area (Å²) in [5.74, 6) is -0.277. The van der Waals surface area contributed by atoms with E-state index in [2.05, 4.69) is 17.3 Å². The van der Waals surface area contributed by atoms with Crippen molar-refractivity contribution in [3.8, 4) is 5.75 Å². The molecule has 0 unspecified atom stereocenters. The van der Waals surface area contributed by atoms with Crippen LogP contribution in [0.1, 0.15) is 18.1 Å². The number of benzene rings is 3. The van der Waals surface area contributed by atoms with Crippen molar-refractivity contribution in [2.45, 2.75) is 13.3 Å². The zero-order valence-electron chi connectivity index (χ0n) is 15.1. The summed E-state index contributed by atoms with van der Waals surface area (Å²) in [7, 11) is 0. The summed E-state index contributed by atoms with van der Waals surface area (Å²) in [5.41, 5.74) is 2.28. The number of carboxylic acid groups (broad SMARTS) is 1. The number of nitrogens with zero attached hydrogens (tertiary/aromatic N) is 1. The summed E-state index contributed by atoms with van der Waals surface area (Å²) in [6.07, 6.45) is -0.0399. The molecule has 0 bridgehead atoms. The first-order chi connectivity index (χ1) is 13.2. The number of carboxylic acids is 1. The summed E-state index contributed by atoms with van der Waals surface area (Å²) >= 11 is 0. The van der Waals surface area contributed by atoms with Crippen molar-refractivity contribution in [2.24, 2.45) is 5.16 Å². The number of carbonyl (C=O) groups is 1. The van der Waals surface area contributed by atoms with Crippen molar-refractivity contribution in [2.75, 3.05) is 13.2 Å². The number of aliphatic carboxylic acids is 1. The van der Waals surface area contributed by atoms with Crippen LogP contribution in [0.3, 0.4) is 0 Å². The average molecular weight is 363 g/mol. The van der Waals surface area contributed by atoms with E-state index in [1.54, 1.807) is 24.3 Å². The van der Waals surface area contributed by atoms with E-state index in [1.165, 1.54) is 0 Å². The molecule has 0 fully saturated rings. The second-order valence-corrected chi connectivity index (χ2v) is 6.02. The highest BCUT2D eigenvalue weighted by molar-refractivity contribution is 6.04. The van der Waals surface area contributed by atoms with E-state index >= 15 is 0 Å². The number of oxime groups is 1. The van der Waals surface area contributed by atoms with Gasteiger partial charge in [-0.1, -0.05) is 53.7 Å². The number of hydrogen-bond donors (Lipinski definition) is 1. The molecule has 138 valence electrons. The zero-order chi connectivity index (χ0) is 19.1. The minimum absolute atomic E-state index is 0.0399. The fourth-order valence-corrected chi connectivity index (χ4v) is 2.75. The summed E-state index contributed by atoms with van der Waals surface area (Å²) in [5, 5.41) is 15.4. The fraction of sp³-hybridized carbons (Fsp3) is 0.182. The number of ether oxygens (including phenoxy) is 1. The number of fused-ring (bicyclic) bond motifs is 1. The Morgan fingerprint density at radius 3 is 2.59 bits per heavy atom. The van der Waals surface area contributed by atoms with Crippen molar-refractivity contribution in [3.05, 3.63) is 77.9 Å². The molecular formula is C22H21NO4. The van der Waals surface area contributed by atoms with Crippen LogP contribution in [-0.4, -0.2) is 30.0 Å². The lowest BCUT2D eigenvalue weighted by molar-refractivity contribution is -0.136. The van der Waals surface area contributed by atoms with Gasteiger partial charge >= 0.3 is 5.97 Å². The predicted molar refractivity (Wildman–Crippen MR) is 105 cm³/mol. The molecule has 0 saturated carbocycles. The van der Waals surface area contributed by atoms with Crippen LogP contribution < -0.4 is 4.74 Å². The van der Waals surface area contributed by atoms with Gasteiger partial charge in [-0.15, -0.1) is 0 Å². The standard InChI is InChI=1S/C22H21NO4/c1-2-27-23-21(19-11-10-17-7-3-4-8-18(17)14-19)15-26-20-9-5-6-16(12-20)13-22(24)25/h3-12,14H,2,13,15H2,1H3,(H,24,25). The van der Waals surface area contributed by atoms with Gasteiger partial charge < -0.3 is 14.7 Å². The molecule has 0 saturated heterocycles. The molecule has 0 aromatic heterocycles. The minimum Gasteiger partial charge on any atom is -0.487 e. The Balaban J connectivity index is 1.80. The van der Waals surface area contributed by atoms with Crippen molar-refractivity contribution in [3.63, 3.8) is 0 Å². The third-order valence-corrected chi connectivity index (χ3v) is 4.02. The Bertz CT molecular complexity index is 965. The molecule has 3 aromatic carbocycles. The van der Waals surface area contributed by atoms with Gasteiger partial charge in [0.2, 0.25) is 0 Å². The molecule has 5 nitrogen and oxygen atoms in total. The molecule has 0 amide bonds. The predicted octanol–water partition coefficient (Wildman–Crippen LogP) is 4.29. The Labute approximate surface area is 157 Å². The highest BCUT2D eigenvalue weighted by Gasteiger charge is 2.09. The highest BCUT2D eigenvalue weighted by Crippen LogP contribution is 2.18. The molecular weight excluding hydrogens is 342 g/mol. The second kappa shape index (κ2) is 8.85. The molecule has 0 aliphatic rings. The second-order valence-electron chi connectivity index (χ2n) is 6.02. The lowest BCUT2D eigenvalue weighted by Crippen LogP contribution is -2.14. The molecule has 27 heavy (non-hydrogen) atoms. The van der Waals surface area contributed by atoms with Gasteiger partial charge in [-0.25, -0.2) is 0 Å². The van der Waals surface area contributed by atoms with E-state index in [0.717, 1.165) is 16.3 Å². The van der Waals surface area contributed by atoms with E-state index in [0.29, 0.717) is 23.6 Å². The topological polar surface area (TPSA) is 68.1 Å². The van der Waals surface area contributed by atoms with Gasteiger partial charge in [0, 0.05) is 5.56 Å². The third-order valence-electron chi connectivity index (χ3n) is 4.02. The largest absolute Gasteiger partial charge is 0.487 e. The molecule has 0 heterocycles. The highest BCUT2D eigenvalue weighted by atomic mass is 16.6. The van der Waals surface area contributed by atoms with E-state index in [1.807, 2.05) is 37.3 Å². The van der Waals surface area contributed by atoms with Crippen LogP contribution in [0.2, 0.25) is 0 Å². The van der Waals surface area contributed by atoms with Gasteiger partial charge in [-0.2, -0.15) is 0 Å². The van der Waals surface area contributed by atoms with Crippen LogP contribution in [-0.2, 0) is 16.1 Å². The molecule has 1 N–H and O–H groups in total. The Kier molecular flexibility index (Phi) is 6.05. The monoisotopic (exact) mass is 363 g/mol. The first kappa shape index (κ1) is 18.5. The molecule has 0 aliphatic heterocycles. The van der Waals surface area contributed by atoms with Crippen LogP contribution in [0.5, 0.6) is 5.75 Å². The van der Waals surface area contributed by atoms with Gasteiger partial charge in [0.25, 0.3) is 0 Å². The molecule has 0 spiro atoms. The van der Waals surface area contributed by atoms with E-state index in [-0.39, 0.29) is 13.0 Å². The number of hydrogen-bond acceptors (Lipinski definition) is 4. The SMILES string of the molecule is CCON=C(COc1cccc(CC(=O)O)c1)c1ccc2ccccc2c1. The summed E-state index contributed by atoms with van der Waals surface area (Å²) < 4.78 is 5.85. The third kappa shape index (κ3) is 5.07. The van der Waals surface area contributed by atoms with E-state index in [9.17, 15) is 4.79 Å². The van der Waals surface area contributed by atoms with Crippen molar-refractivity contribution < 1.29 is 19.5 Å². The first-order valence-electron chi connectivity index (χ1n) is 8.77. The summed E-state index contributed by atoms with van der Waals surface area (Å²) in [6, 6.07) is 21.3. The van der Waals surface area contributed by atoms with E-state index in [4.69, 9.17) is 14.7 Å². The van der Waals surface area contributed by atoms with Crippen LogP contribution >= 0.6 is 0 Å². The zero-order valence-corrected chi connectivity index (χ0v) is 15.1. The maximum atomic E-state index is 10.9. The van der Waals surface area contributed by atoms with Crippen LogP contribution in [0, 0.1) is 0 Å². The van der Waals surface area contributed by atoms with Gasteiger partial charge in [0.1, 0.15) is 24.7 Å². The van der Waals surface area contributed by atoms with Crippen molar-refractivity contribution in [1.82, 2.24) is 0 Å². The van der Waals surface area contributed by atoms with Crippen LogP contribution in [0.15, 0.2) is 71.9 Å². The summed E-state index contributed by atoms with van der Waals surface area (Å²) in [6.45, 7) is 2.55. The smallest absolute Gasteiger partial charge is 0.307 e. The molecule has 0 radical (unpaired) electrons. The molecule has 3 aromatic rings. The van der Waals surface area contributed by atoms with Crippen LogP contribution in [0.25, 0.3) is 10.8 Å². The first-order valence-corrected chi connectivity index (χ1v) is 8.77. The molecule has 5 heteroatoms. The van der Waals surface area contributed by atoms with E-state index < -0.39 is 5.97 Å². The molecule has 3 rings (SSSR count). The number of rotatable bonds is 8. The Morgan fingerprint density at radius 2 is 1.81 bits per heavy atom. The van der Waals surface area contributed by atoms with Crippen molar-refractivity contribution >= 4 is 22.5 Å². The Morgan fingerprint density at radius 1 is 1.00 bits per heavy atom. The van der Waals surface area contributed by atoms with Gasteiger partial charge in [0.05, 0.1) is 6.42 Å². The average Bonchev–Trinajstić information content (AvgIpc) is 2.67. The lowest BCUT2D eigenvalue weighted by Gasteiger charge is -2.11. The lowest BCUT2D eigenvalue weighted by atomic mass is 10.0. The normalized spacial score (nSPS) is 11.4. The maximum Gasteiger partial charge on any atom is 0.307 e. The van der Waals surface area contributed by atoms with Gasteiger partial charge in [0.15, 0.2) is 0 Å². The summed E-state index contributed by atoms with van der Waals surface area (Å²) in [4.78, 5) is 16.1.